The lowest BCUT2D eigenvalue weighted by molar-refractivity contribution is 0.643. The Morgan fingerprint density at radius 3 is 2.58 bits per heavy atom. The highest BCUT2D eigenvalue weighted by molar-refractivity contribution is 6.33. The number of para-hydroxylation sites is 1. The zero-order valence-electron chi connectivity index (χ0n) is 7.16. The second kappa shape index (κ2) is 4.12. The Morgan fingerprint density at radius 2 is 2.00 bits per heavy atom. The van der Waals surface area contributed by atoms with Gasteiger partial charge in [0.25, 0.3) is 0 Å². The maximum absolute atomic E-state index is 5.88. The van der Waals surface area contributed by atoms with Crippen LogP contribution in [0.4, 0.5) is 5.69 Å². The summed E-state index contributed by atoms with van der Waals surface area (Å²) in [7, 11) is 3.83. The van der Waals surface area contributed by atoms with Gasteiger partial charge in [0.2, 0.25) is 0 Å². The summed E-state index contributed by atoms with van der Waals surface area (Å²) in [6.07, 6.45) is 1.72. The summed E-state index contributed by atoms with van der Waals surface area (Å²) in [5, 5.41) is 0.676. The third kappa shape index (κ3) is 2.55. The van der Waals surface area contributed by atoms with Gasteiger partial charge in [-0.05, 0) is 12.1 Å². The molecule has 0 saturated carbocycles. The quantitative estimate of drug-likeness (QED) is 0.507. The smallest absolute Gasteiger partial charge is 0.0907 e. The van der Waals surface area contributed by atoms with Crippen molar-refractivity contribution in [2.45, 2.75) is 0 Å². The third-order valence-electron chi connectivity index (χ3n) is 1.28. The highest BCUT2D eigenvalue weighted by Crippen LogP contribution is 2.22. The van der Waals surface area contributed by atoms with Gasteiger partial charge in [-0.2, -0.15) is 0 Å². The molecule has 0 bridgehead atoms. The van der Waals surface area contributed by atoms with Gasteiger partial charge >= 0.3 is 0 Å². The molecule has 0 amide bonds. The Balaban J connectivity index is 2.82. The molecule has 0 fully saturated rings. The molecule has 0 saturated heterocycles. The zero-order valence-corrected chi connectivity index (χ0v) is 7.92. The van der Waals surface area contributed by atoms with Crippen molar-refractivity contribution in [1.29, 1.82) is 0 Å². The number of hydrogen-bond donors (Lipinski definition) is 0. The van der Waals surface area contributed by atoms with Gasteiger partial charge in [-0.25, -0.2) is 4.99 Å². The largest absolute Gasteiger partial charge is 0.369 e. The Kier molecular flexibility index (Phi) is 3.11. The number of nitrogens with zero attached hydrogens (tertiary/aromatic N) is 2. The molecular formula is C9H11ClN2. The molecule has 12 heavy (non-hydrogen) atoms. The molecule has 0 N–H and O–H groups in total. The van der Waals surface area contributed by atoms with Crippen molar-refractivity contribution in [3.63, 3.8) is 0 Å². The first kappa shape index (κ1) is 9.07. The molecule has 1 aromatic carbocycles. The average molecular weight is 183 g/mol. The molecule has 0 aliphatic rings. The van der Waals surface area contributed by atoms with E-state index in [0.717, 1.165) is 5.69 Å². The number of benzene rings is 1. The first-order chi connectivity index (χ1) is 5.70. The van der Waals surface area contributed by atoms with Crippen molar-refractivity contribution in [3.8, 4) is 0 Å². The molecular weight excluding hydrogens is 172 g/mol. The van der Waals surface area contributed by atoms with E-state index in [4.69, 9.17) is 11.6 Å². The van der Waals surface area contributed by atoms with Crippen LogP contribution in [-0.2, 0) is 0 Å². The van der Waals surface area contributed by atoms with Crippen molar-refractivity contribution < 1.29 is 0 Å². The SMILES string of the molecule is CN(C)/C=N/c1ccccc1Cl. The van der Waals surface area contributed by atoms with Gasteiger partial charge < -0.3 is 4.90 Å². The lowest BCUT2D eigenvalue weighted by Crippen LogP contribution is -2.06. The minimum Gasteiger partial charge on any atom is -0.369 e. The van der Waals surface area contributed by atoms with Crippen LogP contribution in [-0.4, -0.2) is 25.3 Å². The molecule has 0 spiro atoms. The van der Waals surface area contributed by atoms with Crippen molar-refractivity contribution in [2.24, 2.45) is 4.99 Å². The van der Waals surface area contributed by atoms with Crippen LogP contribution in [0.25, 0.3) is 0 Å². The molecule has 0 aliphatic carbocycles. The minimum absolute atomic E-state index is 0.676. The van der Waals surface area contributed by atoms with Gasteiger partial charge in [0.15, 0.2) is 0 Å². The standard InChI is InChI=1S/C9H11ClN2/c1-12(2)7-11-9-6-4-3-5-8(9)10/h3-7H,1-2H3/b11-7+. The molecule has 0 atom stereocenters. The summed E-state index contributed by atoms with van der Waals surface area (Å²) in [6, 6.07) is 7.50. The van der Waals surface area contributed by atoms with Crippen molar-refractivity contribution in [2.75, 3.05) is 14.1 Å². The Morgan fingerprint density at radius 1 is 1.33 bits per heavy atom. The van der Waals surface area contributed by atoms with Crippen molar-refractivity contribution >= 4 is 23.6 Å². The molecule has 0 radical (unpaired) electrons. The lowest BCUT2D eigenvalue weighted by Gasteiger charge is -2.02. The normalized spacial score (nSPS) is 10.6. The molecule has 0 heterocycles. The molecule has 2 nitrogen and oxygen atoms in total. The van der Waals surface area contributed by atoms with Gasteiger partial charge in [0.05, 0.1) is 17.0 Å². The van der Waals surface area contributed by atoms with Crippen LogP contribution in [0, 0.1) is 0 Å². The summed E-state index contributed by atoms with van der Waals surface area (Å²) < 4.78 is 0. The third-order valence-corrected chi connectivity index (χ3v) is 1.60. The first-order valence-electron chi connectivity index (χ1n) is 3.65. The van der Waals surface area contributed by atoms with Crippen LogP contribution in [0.5, 0.6) is 0 Å². The van der Waals surface area contributed by atoms with Crippen LogP contribution in [0.3, 0.4) is 0 Å². The average Bonchev–Trinajstić information content (AvgIpc) is 2.03. The topological polar surface area (TPSA) is 15.6 Å². The van der Waals surface area contributed by atoms with E-state index in [9.17, 15) is 0 Å². The van der Waals surface area contributed by atoms with E-state index >= 15 is 0 Å². The van der Waals surface area contributed by atoms with E-state index in [0.29, 0.717) is 5.02 Å². The highest BCUT2D eigenvalue weighted by atomic mass is 35.5. The van der Waals surface area contributed by atoms with E-state index in [-0.39, 0.29) is 0 Å². The van der Waals surface area contributed by atoms with Gasteiger partial charge in [0.1, 0.15) is 0 Å². The molecule has 0 unspecified atom stereocenters. The zero-order chi connectivity index (χ0) is 8.97. The number of halogens is 1. The van der Waals surface area contributed by atoms with Crippen LogP contribution in [0.1, 0.15) is 0 Å². The van der Waals surface area contributed by atoms with E-state index < -0.39 is 0 Å². The highest BCUT2D eigenvalue weighted by Gasteiger charge is 1.93. The van der Waals surface area contributed by atoms with E-state index in [1.54, 1.807) is 6.34 Å². The van der Waals surface area contributed by atoms with E-state index in [1.807, 2.05) is 43.3 Å². The summed E-state index contributed by atoms with van der Waals surface area (Å²) in [5.74, 6) is 0. The van der Waals surface area contributed by atoms with E-state index in [1.165, 1.54) is 0 Å². The predicted octanol–water partition coefficient (Wildman–Crippen LogP) is 2.56. The first-order valence-corrected chi connectivity index (χ1v) is 4.03. The molecule has 64 valence electrons. The maximum Gasteiger partial charge on any atom is 0.0907 e. The summed E-state index contributed by atoms with van der Waals surface area (Å²) >= 11 is 5.88. The number of rotatable bonds is 2. The van der Waals surface area contributed by atoms with Gasteiger partial charge in [-0.1, -0.05) is 23.7 Å². The van der Waals surface area contributed by atoms with E-state index in [2.05, 4.69) is 4.99 Å². The Bertz CT molecular complexity index is 282. The number of hydrogen-bond acceptors (Lipinski definition) is 1. The second-order valence-corrected chi connectivity index (χ2v) is 3.07. The molecule has 0 aromatic heterocycles. The molecule has 0 aliphatic heterocycles. The monoisotopic (exact) mass is 182 g/mol. The van der Waals surface area contributed by atoms with Crippen LogP contribution in [0.15, 0.2) is 29.3 Å². The summed E-state index contributed by atoms with van der Waals surface area (Å²) in [5.41, 5.74) is 0.799. The lowest BCUT2D eigenvalue weighted by atomic mass is 10.3. The van der Waals surface area contributed by atoms with Crippen molar-refractivity contribution in [1.82, 2.24) is 4.90 Å². The van der Waals surface area contributed by atoms with Crippen molar-refractivity contribution in [3.05, 3.63) is 29.3 Å². The Labute approximate surface area is 77.5 Å². The fraction of sp³-hybridized carbons (Fsp3) is 0.222. The number of aliphatic imine (C=N–C) groups is 1. The predicted molar refractivity (Wildman–Crippen MR) is 53.3 cm³/mol. The molecule has 3 heteroatoms. The fourth-order valence-corrected chi connectivity index (χ4v) is 0.919. The Hall–Kier alpha value is -1.02. The van der Waals surface area contributed by atoms with Gasteiger partial charge in [-0.3, -0.25) is 0 Å². The summed E-state index contributed by atoms with van der Waals surface area (Å²) in [4.78, 5) is 6.04. The molecule has 1 rings (SSSR count). The second-order valence-electron chi connectivity index (χ2n) is 2.66. The minimum atomic E-state index is 0.676. The summed E-state index contributed by atoms with van der Waals surface area (Å²) in [6.45, 7) is 0. The van der Waals surface area contributed by atoms with Gasteiger partial charge in [0, 0.05) is 14.1 Å². The molecule has 1 aromatic rings. The van der Waals surface area contributed by atoms with Crippen LogP contribution in [0.2, 0.25) is 5.02 Å². The maximum atomic E-state index is 5.88. The van der Waals surface area contributed by atoms with Gasteiger partial charge in [-0.15, -0.1) is 0 Å². The van der Waals surface area contributed by atoms with Crippen LogP contribution < -0.4 is 0 Å². The van der Waals surface area contributed by atoms with Crippen LogP contribution >= 0.6 is 11.6 Å². The fourth-order valence-electron chi connectivity index (χ4n) is 0.734.